The maximum Gasteiger partial charge on any atom is 0.259 e. The van der Waals surface area contributed by atoms with E-state index in [9.17, 15) is 20.1 Å². The van der Waals surface area contributed by atoms with Crippen molar-refractivity contribution in [3.63, 3.8) is 0 Å². The average Bonchev–Trinajstić information content (AvgIpc) is 2.32. The first kappa shape index (κ1) is 12.7. The van der Waals surface area contributed by atoms with Gasteiger partial charge in [-0.2, -0.15) is 0 Å². The van der Waals surface area contributed by atoms with Crippen LogP contribution in [0.15, 0.2) is 18.2 Å². The highest BCUT2D eigenvalue weighted by atomic mass is 16.3. The molecule has 98 valence electrons. The number of nitrogens with one attached hydrogen (secondary N) is 1. The number of phenols is 2. The molecule has 2 unspecified atom stereocenters. The Morgan fingerprint density at radius 2 is 1.78 bits per heavy atom. The normalized spacial score (nSPS) is 23.6. The van der Waals surface area contributed by atoms with Crippen molar-refractivity contribution >= 4 is 5.91 Å². The third kappa shape index (κ3) is 2.56. The number of rotatable bonds is 2. The number of benzene rings is 1. The van der Waals surface area contributed by atoms with Crippen LogP contribution in [-0.4, -0.2) is 33.4 Å². The minimum absolute atomic E-state index is 0.143. The Hall–Kier alpha value is -1.75. The van der Waals surface area contributed by atoms with Crippen molar-refractivity contribution in [1.29, 1.82) is 0 Å². The SMILES string of the molecule is O=C(NC1CCCCC1O)c1c(O)cccc1O. The second-order valence-corrected chi connectivity index (χ2v) is 4.60. The van der Waals surface area contributed by atoms with Gasteiger partial charge < -0.3 is 20.6 Å². The molecule has 2 rings (SSSR count). The molecular weight excluding hydrogens is 234 g/mol. The van der Waals surface area contributed by atoms with E-state index in [1.807, 2.05) is 0 Å². The number of aliphatic hydroxyl groups is 1. The first-order valence-corrected chi connectivity index (χ1v) is 6.09. The summed E-state index contributed by atoms with van der Waals surface area (Å²) in [5.74, 6) is -1.09. The lowest BCUT2D eigenvalue weighted by Crippen LogP contribution is -2.45. The zero-order valence-corrected chi connectivity index (χ0v) is 9.97. The van der Waals surface area contributed by atoms with Crippen LogP contribution in [0.4, 0.5) is 0 Å². The zero-order valence-electron chi connectivity index (χ0n) is 9.97. The first-order chi connectivity index (χ1) is 8.59. The minimum Gasteiger partial charge on any atom is -0.507 e. The largest absolute Gasteiger partial charge is 0.507 e. The fourth-order valence-corrected chi connectivity index (χ4v) is 2.28. The highest BCUT2D eigenvalue weighted by Crippen LogP contribution is 2.27. The van der Waals surface area contributed by atoms with Crippen LogP contribution in [0, 0.1) is 0 Å². The van der Waals surface area contributed by atoms with Crippen LogP contribution in [0.5, 0.6) is 11.5 Å². The molecule has 0 saturated heterocycles. The highest BCUT2D eigenvalue weighted by molar-refractivity contribution is 5.99. The van der Waals surface area contributed by atoms with E-state index in [4.69, 9.17) is 0 Å². The molecule has 4 N–H and O–H groups in total. The first-order valence-electron chi connectivity index (χ1n) is 6.09. The summed E-state index contributed by atoms with van der Waals surface area (Å²) in [7, 11) is 0. The van der Waals surface area contributed by atoms with E-state index in [1.54, 1.807) is 0 Å². The summed E-state index contributed by atoms with van der Waals surface area (Å²) >= 11 is 0. The van der Waals surface area contributed by atoms with Crippen molar-refractivity contribution in [3.05, 3.63) is 23.8 Å². The van der Waals surface area contributed by atoms with Gasteiger partial charge in [-0.1, -0.05) is 18.9 Å². The van der Waals surface area contributed by atoms with E-state index in [2.05, 4.69) is 5.32 Å². The van der Waals surface area contributed by atoms with Crippen molar-refractivity contribution in [1.82, 2.24) is 5.32 Å². The van der Waals surface area contributed by atoms with E-state index in [0.717, 1.165) is 12.8 Å². The van der Waals surface area contributed by atoms with E-state index in [-0.39, 0.29) is 23.1 Å². The van der Waals surface area contributed by atoms with Gasteiger partial charge >= 0.3 is 0 Å². The molecule has 0 radical (unpaired) electrons. The van der Waals surface area contributed by atoms with Gasteiger partial charge in [0.1, 0.15) is 17.1 Å². The molecule has 1 aliphatic carbocycles. The van der Waals surface area contributed by atoms with Crippen LogP contribution in [0.3, 0.4) is 0 Å². The van der Waals surface area contributed by atoms with Crippen LogP contribution >= 0.6 is 0 Å². The highest BCUT2D eigenvalue weighted by Gasteiger charge is 2.26. The number of phenolic OH excluding ortho intramolecular Hbond substituents is 2. The van der Waals surface area contributed by atoms with Crippen LogP contribution < -0.4 is 5.32 Å². The number of hydrogen-bond donors (Lipinski definition) is 4. The molecule has 0 bridgehead atoms. The Morgan fingerprint density at radius 1 is 1.17 bits per heavy atom. The second kappa shape index (κ2) is 5.27. The Kier molecular flexibility index (Phi) is 3.72. The van der Waals surface area contributed by atoms with Gasteiger partial charge in [0, 0.05) is 0 Å². The zero-order chi connectivity index (χ0) is 13.1. The van der Waals surface area contributed by atoms with Crippen molar-refractivity contribution in [2.24, 2.45) is 0 Å². The molecule has 5 heteroatoms. The molecule has 1 aromatic rings. The van der Waals surface area contributed by atoms with Crippen LogP contribution in [0.1, 0.15) is 36.0 Å². The van der Waals surface area contributed by atoms with Gasteiger partial charge in [0.2, 0.25) is 0 Å². The third-order valence-corrected chi connectivity index (χ3v) is 3.29. The molecule has 18 heavy (non-hydrogen) atoms. The molecule has 1 fully saturated rings. The summed E-state index contributed by atoms with van der Waals surface area (Å²) in [5, 5.41) is 31.6. The van der Waals surface area contributed by atoms with Gasteiger partial charge in [0.15, 0.2) is 0 Å². The number of aliphatic hydroxyl groups excluding tert-OH is 1. The summed E-state index contributed by atoms with van der Waals surface area (Å²) in [5.41, 5.74) is -0.143. The fraction of sp³-hybridized carbons (Fsp3) is 0.462. The lowest BCUT2D eigenvalue weighted by atomic mass is 9.92. The van der Waals surface area contributed by atoms with Crippen LogP contribution in [0.2, 0.25) is 0 Å². The van der Waals surface area contributed by atoms with E-state index in [0.29, 0.717) is 12.8 Å². The Bertz CT molecular complexity index is 426. The van der Waals surface area contributed by atoms with Crippen LogP contribution in [0.25, 0.3) is 0 Å². The molecule has 1 saturated carbocycles. The molecule has 5 nitrogen and oxygen atoms in total. The molecule has 1 aliphatic rings. The summed E-state index contributed by atoms with van der Waals surface area (Å²) < 4.78 is 0. The lowest BCUT2D eigenvalue weighted by molar-refractivity contribution is 0.0713. The summed E-state index contributed by atoms with van der Waals surface area (Å²) in [6.07, 6.45) is 2.72. The molecular formula is C13H17NO4. The third-order valence-electron chi connectivity index (χ3n) is 3.29. The number of aromatic hydroxyl groups is 2. The average molecular weight is 251 g/mol. The Morgan fingerprint density at radius 3 is 2.39 bits per heavy atom. The predicted molar refractivity (Wildman–Crippen MR) is 65.5 cm³/mol. The maximum atomic E-state index is 12.0. The van der Waals surface area contributed by atoms with Gasteiger partial charge in [0.05, 0.1) is 12.1 Å². The van der Waals surface area contributed by atoms with Gasteiger partial charge in [-0.05, 0) is 25.0 Å². The molecule has 0 spiro atoms. The second-order valence-electron chi connectivity index (χ2n) is 4.60. The van der Waals surface area contributed by atoms with Gasteiger partial charge in [-0.3, -0.25) is 4.79 Å². The quantitative estimate of drug-likeness (QED) is 0.634. The Labute approximate surface area is 105 Å². The van der Waals surface area contributed by atoms with Gasteiger partial charge in [-0.15, -0.1) is 0 Å². The number of carbonyl (C=O) groups excluding carboxylic acids is 1. The molecule has 1 aromatic carbocycles. The van der Waals surface area contributed by atoms with Crippen molar-refractivity contribution in [2.45, 2.75) is 37.8 Å². The number of amides is 1. The molecule has 2 atom stereocenters. The topological polar surface area (TPSA) is 89.8 Å². The monoisotopic (exact) mass is 251 g/mol. The summed E-state index contributed by atoms with van der Waals surface area (Å²) in [6, 6.07) is 3.82. The summed E-state index contributed by atoms with van der Waals surface area (Å²) in [6.45, 7) is 0. The fourth-order valence-electron chi connectivity index (χ4n) is 2.28. The Balaban J connectivity index is 2.12. The molecule has 0 heterocycles. The predicted octanol–water partition coefficient (Wildman–Crippen LogP) is 1.13. The van der Waals surface area contributed by atoms with Crippen molar-refractivity contribution < 1.29 is 20.1 Å². The lowest BCUT2D eigenvalue weighted by Gasteiger charge is -2.28. The molecule has 0 aliphatic heterocycles. The smallest absolute Gasteiger partial charge is 0.259 e. The van der Waals surface area contributed by atoms with Crippen molar-refractivity contribution in [2.75, 3.05) is 0 Å². The maximum absolute atomic E-state index is 12.0. The van der Waals surface area contributed by atoms with Crippen molar-refractivity contribution in [3.8, 4) is 11.5 Å². The van der Waals surface area contributed by atoms with E-state index < -0.39 is 12.0 Å². The summed E-state index contributed by atoms with van der Waals surface area (Å²) in [4.78, 5) is 12.0. The van der Waals surface area contributed by atoms with E-state index in [1.165, 1.54) is 18.2 Å². The number of hydrogen-bond acceptors (Lipinski definition) is 4. The van der Waals surface area contributed by atoms with Gasteiger partial charge in [-0.25, -0.2) is 0 Å². The van der Waals surface area contributed by atoms with E-state index >= 15 is 0 Å². The molecule has 0 aromatic heterocycles. The molecule has 1 amide bonds. The van der Waals surface area contributed by atoms with Gasteiger partial charge in [0.25, 0.3) is 5.91 Å². The standard InChI is InChI=1S/C13H17NO4/c15-9-5-2-1-4-8(9)14-13(18)12-10(16)6-3-7-11(12)17/h3,6-9,15-17H,1-2,4-5H2,(H,14,18). The minimum atomic E-state index is -0.560. The number of carbonyl (C=O) groups is 1. The van der Waals surface area contributed by atoms with Crippen LogP contribution in [-0.2, 0) is 0 Å².